The van der Waals surface area contributed by atoms with Gasteiger partial charge in [-0.1, -0.05) is 6.07 Å². The van der Waals surface area contributed by atoms with E-state index in [4.69, 9.17) is 9.47 Å². The average molecular weight is 416 g/mol. The summed E-state index contributed by atoms with van der Waals surface area (Å²) in [5.74, 6) is 1.32. The summed E-state index contributed by atoms with van der Waals surface area (Å²) in [6, 6.07) is 7.48. The fourth-order valence-electron chi connectivity index (χ4n) is 4.79. The van der Waals surface area contributed by atoms with Crippen LogP contribution >= 0.6 is 0 Å². The van der Waals surface area contributed by atoms with Crippen molar-refractivity contribution in [1.82, 2.24) is 9.80 Å². The Balaban J connectivity index is 1.25. The van der Waals surface area contributed by atoms with E-state index in [1.54, 1.807) is 12.0 Å². The molecule has 3 aliphatic rings. The molecule has 0 radical (unpaired) electrons. The van der Waals surface area contributed by atoms with Gasteiger partial charge >= 0.3 is 0 Å². The molecule has 164 valence electrons. The summed E-state index contributed by atoms with van der Waals surface area (Å²) in [5.41, 5.74) is 0.802. The summed E-state index contributed by atoms with van der Waals surface area (Å²) in [4.78, 5) is 31.8. The zero-order chi connectivity index (χ0) is 20.9. The van der Waals surface area contributed by atoms with Crippen molar-refractivity contribution in [2.45, 2.75) is 25.7 Å². The SMILES string of the molecule is COc1cccc(N2C[C@@H](C(=O)N3CCC(CCN4CCOCC4)CC3)CC2=O)c1. The van der Waals surface area contributed by atoms with E-state index in [0.29, 0.717) is 24.6 Å². The molecule has 1 aromatic carbocycles. The van der Waals surface area contributed by atoms with Crippen LogP contribution in [0.25, 0.3) is 0 Å². The number of hydrogen-bond acceptors (Lipinski definition) is 5. The van der Waals surface area contributed by atoms with Gasteiger partial charge in [-0.05, 0) is 43.9 Å². The van der Waals surface area contributed by atoms with E-state index < -0.39 is 0 Å². The van der Waals surface area contributed by atoms with Crippen LogP contribution in [0, 0.1) is 11.8 Å². The smallest absolute Gasteiger partial charge is 0.228 e. The number of likely N-dealkylation sites (tertiary alicyclic amines) is 1. The number of carbonyl (C=O) groups is 2. The Morgan fingerprint density at radius 3 is 2.67 bits per heavy atom. The van der Waals surface area contributed by atoms with Gasteiger partial charge in [0.25, 0.3) is 0 Å². The monoisotopic (exact) mass is 415 g/mol. The molecule has 3 saturated heterocycles. The minimum absolute atomic E-state index is 0.0157. The van der Waals surface area contributed by atoms with Crippen LogP contribution in [-0.4, -0.2) is 81.2 Å². The minimum Gasteiger partial charge on any atom is -0.497 e. The summed E-state index contributed by atoms with van der Waals surface area (Å²) in [5, 5.41) is 0. The number of hydrogen-bond donors (Lipinski definition) is 0. The highest BCUT2D eigenvalue weighted by molar-refractivity contribution is 6.00. The number of nitrogens with zero attached hydrogens (tertiary/aromatic N) is 3. The van der Waals surface area contributed by atoms with Crippen LogP contribution in [0.15, 0.2) is 24.3 Å². The van der Waals surface area contributed by atoms with Gasteiger partial charge in [-0.15, -0.1) is 0 Å². The van der Waals surface area contributed by atoms with Crippen molar-refractivity contribution >= 4 is 17.5 Å². The van der Waals surface area contributed by atoms with Gasteiger partial charge in [0.15, 0.2) is 0 Å². The molecule has 0 unspecified atom stereocenters. The molecule has 4 rings (SSSR count). The second kappa shape index (κ2) is 9.79. The molecular weight excluding hydrogens is 382 g/mol. The molecule has 2 amide bonds. The van der Waals surface area contributed by atoms with Gasteiger partial charge < -0.3 is 19.3 Å². The van der Waals surface area contributed by atoms with Gasteiger partial charge in [-0.25, -0.2) is 0 Å². The highest BCUT2D eigenvalue weighted by Gasteiger charge is 2.38. The van der Waals surface area contributed by atoms with Crippen molar-refractivity contribution < 1.29 is 19.1 Å². The summed E-state index contributed by atoms with van der Waals surface area (Å²) in [6.45, 7) is 7.00. The predicted molar refractivity (Wildman–Crippen MR) is 115 cm³/mol. The van der Waals surface area contributed by atoms with E-state index in [9.17, 15) is 9.59 Å². The van der Waals surface area contributed by atoms with Crippen molar-refractivity contribution in [2.75, 3.05) is 64.5 Å². The predicted octanol–water partition coefficient (Wildman–Crippen LogP) is 2.01. The average Bonchev–Trinajstić information content (AvgIpc) is 3.20. The summed E-state index contributed by atoms with van der Waals surface area (Å²) in [7, 11) is 1.61. The second-order valence-electron chi connectivity index (χ2n) is 8.62. The maximum Gasteiger partial charge on any atom is 0.228 e. The number of methoxy groups -OCH3 is 1. The number of carbonyl (C=O) groups excluding carboxylic acids is 2. The Morgan fingerprint density at radius 2 is 1.93 bits per heavy atom. The minimum atomic E-state index is -0.242. The lowest BCUT2D eigenvalue weighted by atomic mass is 9.92. The molecule has 0 aromatic heterocycles. The zero-order valence-corrected chi connectivity index (χ0v) is 17.9. The molecule has 3 aliphatic heterocycles. The van der Waals surface area contributed by atoms with E-state index in [1.165, 1.54) is 6.42 Å². The number of ether oxygens (including phenoxy) is 2. The molecule has 7 heteroatoms. The zero-order valence-electron chi connectivity index (χ0n) is 17.9. The molecule has 30 heavy (non-hydrogen) atoms. The number of rotatable bonds is 6. The second-order valence-corrected chi connectivity index (χ2v) is 8.62. The summed E-state index contributed by atoms with van der Waals surface area (Å²) in [6.07, 6.45) is 3.63. The normalized spacial score (nSPS) is 23.8. The molecule has 0 saturated carbocycles. The number of morpholine rings is 1. The molecule has 1 atom stereocenters. The van der Waals surface area contributed by atoms with Crippen LogP contribution in [0.3, 0.4) is 0 Å². The van der Waals surface area contributed by atoms with Crippen LogP contribution in [0.5, 0.6) is 5.75 Å². The van der Waals surface area contributed by atoms with Crippen molar-refractivity contribution in [3.8, 4) is 5.75 Å². The highest BCUT2D eigenvalue weighted by Crippen LogP contribution is 2.30. The number of benzene rings is 1. The first-order valence-electron chi connectivity index (χ1n) is 11.2. The Bertz CT molecular complexity index is 742. The first-order chi connectivity index (χ1) is 14.6. The van der Waals surface area contributed by atoms with Crippen LogP contribution in [0.2, 0.25) is 0 Å². The Hall–Kier alpha value is -2.12. The fraction of sp³-hybridized carbons (Fsp3) is 0.652. The van der Waals surface area contributed by atoms with E-state index in [2.05, 4.69) is 4.90 Å². The van der Waals surface area contributed by atoms with Crippen molar-refractivity contribution in [1.29, 1.82) is 0 Å². The molecule has 0 N–H and O–H groups in total. The molecule has 0 aliphatic carbocycles. The van der Waals surface area contributed by atoms with Gasteiger partial charge in [-0.2, -0.15) is 0 Å². The first-order valence-corrected chi connectivity index (χ1v) is 11.2. The number of anilines is 1. The van der Waals surface area contributed by atoms with E-state index in [1.807, 2.05) is 29.2 Å². The third-order valence-electron chi connectivity index (χ3n) is 6.72. The van der Waals surface area contributed by atoms with Crippen molar-refractivity contribution in [3.63, 3.8) is 0 Å². The van der Waals surface area contributed by atoms with E-state index in [0.717, 1.165) is 64.5 Å². The molecule has 3 heterocycles. The summed E-state index contributed by atoms with van der Waals surface area (Å²) < 4.78 is 10.7. The molecule has 0 bridgehead atoms. The molecular formula is C23H33N3O4. The maximum atomic E-state index is 13.1. The Labute approximate surface area is 178 Å². The molecule has 3 fully saturated rings. The standard InChI is InChI=1S/C23H33N3O4/c1-29-21-4-2-3-20(16-21)26-17-19(15-22(26)27)23(28)25-9-6-18(7-10-25)5-8-24-11-13-30-14-12-24/h2-4,16,18-19H,5-15,17H2,1H3/t19-/m0/s1. The van der Waals surface area contributed by atoms with Gasteiger partial charge in [0.2, 0.25) is 11.8 Å². The quantitative estimate of drug-likeness (QED) is 0.711. The van der Waals surface area contributed by atoms with Gasteiger partial charge in [0.1, 0.15) is 5.75 Å². The lowest BCUT2D eigenvalue weighted by Crippen LogP contribution is -2.43. The van der Waals surface area contributed by atoms with Crippen LogP contribution in [-0.2, 0) is 14.3 Å². The lowest BCUT2D eigenvalue weighted by Gasteiger charge is -2.35. The van der Waals surface area contributed by atoms with Crippen molar-refractivity contribution in [2.24, 2.45) is 11.8 Å². The lowest BCUT2D eigenvalue weighted by molar-refractivity contribution is -0.137. The van der Waals surface area contributed by atoms with E-state index >= 15 is 0 Å². The van der Waals surface area contributed by atoms with Gasteiger partial charge in [0, 0.05) is 50.9 Å². The highest BCUT2D eigenvalue weighted by atomic mass is 16.5. The molecule has 7 nitrogen and oxygen atoms in total. The van der Waals surface area contributed by atoms with Crippen molar-refractivity contribution in [3.05, 3.63) is 24.3 Å². The Kier molecular flexibility index (Phi) is 6.89. The Morgan fingerprint density at radius 1 is 1.17 bits per heavy atom. The molecule has 1 aromatic rings. The number of amides is 2. The third kappa shape index (κ3) is 4.95. The molecule has 0 spiro atoms. The van der Waals surface area contributed by atoms with Crippen LogP contribution in [0.1, 0.15) is 25.7 Å². The van der Waals surface area contributed by atoms with Crippen LogP contribution in [0.4, 0.5) is 5.69 Å². The van der Waals surface area contributed by atoms with Crippen LogP contribution < -0.4 is 9.64 Å². The van der Waals surface area contributed by atoms with E-state index in [-0.39, 0.29) is 17.7 Å². The largest absolute Gasteiger partial charge is 0.497 e. The topological polar surface area (TPSA) is 62.3 Å². The third-order valence-corrected chi connectivity index (χ3v) is 6.72. The number of piperidine rings is 1. The first kappa shape index (κ1) is 21.1. The van der Waals surface area contributed by atoms with Gasteiger partial charge in [0.05, 0.1) is 26.2 Å². The maximum absolute atomic E-state index is 13.1. The van der Waals surface area contributed by atoms with Gasteiger partial charge in [-0.3, -0.25) is 14.5 Å². The fourth-order valence-corrected chi connectivity index (χ4v) is 4.79. The summed E-state index contributed by atoms with van der Waals surface area (Å²) >= 11 is 0.